The molecule has 0 aromatic rings. The highest BCUT2D eigenvalue weighted by Gasteiger charge is 2.43. The second kappa shape index (κ2) is 3.69. The Kier molecular flexibility index (Phi) is 2.84. The molecule has 3 heteroatoms. The van der Waals surface area contributed by atoms with E-state index in [2.05, 4.69) is 17.5 Å². The normalized spacial score (nSPS) is 37.1. The molecule has 1 heterocycles. The second-order valence-corrected chi connectivity index (χ2v) is 5.79. The summed E-state index contributed by atoms with van der Waals surface area (Å²) in [5.74, 6) is 1.01. The van der Waals surface area contributed by atoms with Crippen LogP contribution in [0.15, 0.2) is 0 Å². The molecular formula is C11H21NOS. The minimum absolute atomic E-state index is 0.453. The van der Waals surface area contributed by atoms with Crippen molar-refractivity contribution in [3.63, 3.8) is 0 Å². The highest BCUT2D eigenvalue weighted by Crippen LogP contribution is 2.47. The highest BCUT2D eigenvalue weighted by atomic mass is 32.1. The minimum atomic E-state index is -0.453. The summed E-state index contributed by atoms with van der Waals surface area (Å²) in [5.41, 5.74) is 0.0431. The quantitative estimate of drug-likeness (QED) is 0.698. The molecule has 1 aliphatic heterocycles. The maximum Gasteiger partial charge on any atom is 0.0746 e. The molecule has 0 bridgehead atoms. The van der Waals surface area contributed by atoms with Crippen molar-refractivity contribution >= 4 is 12.6 Å². The van der Waals surface area contributed by atoms with Crippen molar-refractivity contribution in [1.82, 2.24) is 4.90 Å². The molecule has 0 aromatic carbocycles. The summed E-state index contributed by atoms with van der Waals surface area (Å²) in [6, 6.07) is 0. The molecule has 1 saturated heterocycles. The zero-order chi connectivity index (χ0) is 10.2. The largest absolute Gasteiger partial charge is 0.389 e. The molecule has 0 spiro atoms. The van der Waals surface area contributed by atoms with E-state index in [0.29, 0.717) is 5.41 Å². The summed E-state index contributed by atoms with van der Waals surface area (Å²) in [7, 11) is 0. The Bertz CT molecular complexity index is 213. The number of aliphatic hydroxyl groups is 1. The lowest BCUT2D eigenvalue weighted by atomic mass is 9.94. The van der Waals surface area contributed by atoms with Crippen LogP contribution >= 0.6 is 12.6 Å². The van der Waals surface area contributed by atoms with Gasteiger partial charge in [-0.05, 0) is 50.3 Å². The monoisotopic (exact) mass is 215 g/mol. The van der Waals surface area contributed by atoms with E-state index in [9.17, 15) is 5.11 Å². The fourth-order valence-corrected chi connectivity index (χ4v) is 2.89. The third kappa shape index (κ3) is 2.44. The first kappa shape index (κ1) is 10.8. The summed E-state index contributed by atoms with van der Waals surface area (Å²) < 4.78 is 0. The van der Waals surface area contributed by atoms with E-state index in [1.807, 2.05) is 6.92 Å². The van der Waals surface area contributed by atoms with Crippen molar-refractivity contribution < 1.29 is 5.11 Å². The van der Waals surface area contributed by atoms with Gasteiger partial charge in [-0.15, -0.1) is 0 Å². The van der Waals surface area contributed by atoms with Gasteiger partial charge < -0.3 is 5.11 Å². The van der Waals surface area contributed by atoms with Crippen LogP contribution in [0.2, 0.25) is 0 Å². The third-order valence-electron chi connectivity index (χ3n) is 3.61. The summed E-state index contributed by atoms with van der Waals surface area (Å²) in [6.45, 7) is 5.11. The summed E-state index contributed by atoms with van der Waals surface area (Å²) in [6.07, 6.45) is 4.75. The molecule has 2 nitrogen and oxygen atoms in total. The maximum atomic E-state index is 9.97. The van der Waals surface area contributed by atoms with Gasteiger partial charge in [-0.25, -0.2) is 0 Å². The molecule has 1 N–H and O–H groups in total. The first-order valence-electron chi connectivity index (χ1n) is 5.61. The zero-order valence-corrected chi connectivity index (χ0v) is 9.89. The number of rotatable bonds is 3. The van der Waals surface area contributed by atoms with Crippen molar-refractivity contribution in [3.8, 4) is 0 Å². The molecule has 2 rings (SSSR count). The molecule has 0 radical (unpaired) electrons. The number of β-amino-alcohol motifs (C(OH)–C–C–N with tert-alkyl or cyclic N) is 1. The van der Waals surface area contributed by atoms with E-state index < -0.39 is 5.60 Å². The Morgan fingerprint density at radius 3 is 2.57 bits per heavy atom. The second-order valence-electron chi connectivity index (χ2n) is 5.47. The molecule has 2 fully saturated rings. The van der Waals surface area contributed by atoms with Crippen LogP contribution in [0.25, 0.3) is 0 Å². The zero-order valence-electron chi connectivity index (χ0n) is 9.00. The Balaban J connectivity index is 1.86. The van der Waals surface area contributed by atoms with Crippen molar-refractivity contribution in [1.29, 1.82) is 0 Å². The Hall–Kier alpha value is 0.270. The molecule has 82 valence electrons. The van der Waals surface area contributed by atoms with Crippen LogP contribution in [-0.2, 0) is 0 Å². The highest BCUT2D eigenvalue weighted by molar-refractivity contribution is 7.80. The molecule has 1 saturated carbocycles. The van der Waals surface area contributed by atoms with Crippen LogP contribution < -0.4 is 0 Å². The fraction of sp³-hybridized carbons (Fsp3) is 1.00. The molecule has 1 unspecified atom stereocenters. The van der Waals surface area contributed by atoms with Crippen molar-refractivity contribution in [3.05, 3.63) is 0 Å². The first-order chi connectivity index (χ1) is 6.55. The van der Waals surface area contributed by atoms with Crippen molar-refractivity contribution in [2.75, 3.05) is 25.4 Å². The topological polar surface area (TPSA) is 23.5 Å². The van der Waals surface area contributed by atoms with Gasteiger partial charge >= 0.3 is 0 Å². The van der Waals surface area contributed by atoms with Gasteiger partial charge in [-0.3, -0.25) is 4.90 Å². The van der Waals surface area contributed by atoms with Crippen molar-refractivity contribution in [2.45, 2.75) is 38.2 Å². The van der Waals surface area contributed by atoms with E-state index in [1.165, 1.54) is 12.8 Å². The van der Waals surface area contributed by atoms with Crippen LogP contribution in [0.3, 0.4) is 0 Å². The van der Waals surface area contributed by atoms with E-state index >= 15 is 0 Å². The number of hydrogen-bond donors (Lipinski definition) is 2. The first-order valence-corrected chi connectivity index (χ1v) is 6.24. The lowest BCUT2D eigenvalue weighted by Gasteiger charge is -2.38. The van der Waals surface area contributed by atoms with Crippen LogP contribution in [0.5, 0.6) is 0 Å². The van der Waals surface area contributed by atoms with Gasteiger partial charge in [0.25, 0.3) is 0 Å². The molecule has 0 aromatic heterocycles. The average molecular weight is 215 g/mol. The summed E-state index contributed by atoms with van der Waals surface area (Å²) >= 11 is 4.42. The predicted octanol–water partition coefficient (Wildman–Crippen LogP) is 1.54. The molecule has 14 heavy (non-hydrogen) atoms. The van der Waals surface area contributed by atoms with Crippen LogP contribution in [0, 0.1) is 5.41 Å². The lowest BCUT2D eigenvalue weighted by Crippen LogP contribution is -2.48. The lowest BCUT2D eigenvalue weighted by molar-refractivity contribution is -0.0202. The van der Waals surface area contributed by atoms with Gasteiger partial charge in [-0.1, -0.05) is 0 Å². The molecule has 2 aliphatic rings. The average Bonchev–Trinajstić information content (AvgIpc) is 2.84. The van der Waals surface area contributed by atoms with Gasteiger partial charge in [0.1, 0.15) is 0 Å². The minimum Gasteiger partial charge on any atom is -0.389 e. The van der Waals surface area contributed by atoms with Crippen LogP contribution in [0.4, 0.5) is 0 Å². The number of likely N-dealkylation sites (tertiary alicyclic amines) is 1. The van der Waals surface area contributed by atoms with Crippen LogP contribution in [0.1, 0.15) is 32.6 Å². The Labute approximate surface area is 92.1 Å². The molecular weight excluding hydrogens is 194 g/mol. The molecule has 0 amide bonds. The number of thiol groups is 1. The van der Waals surface area contributed by atoms with Gasteiger partial charge in [0.05, 0.1) is 5.60 Å². The molecule has 1 atom stereocenters. The molecule has 1 aliphatic carbocycles. The predicted molar refractivity (Wildman–Crippen MR) is 61.8 cm³/mol. The standard InChI is InChI=1S/C11H21NOS/c1-10(13)3-2-6-12(7-10)8-11(9-14)4-5-11/h13-14H,2-9H2,1H3. The Morgan fingerprint density at radius 2 is 2.07 bits per heavy atom. The van der Waals surface area contributed by atoms with Gasteiger partial charge in [0.2, 0.25) is 0 Å². The number of piperidine rings is 1. The summed E-state index contributed by atoms with van der Waals surface area (Å²) in [4.78, 5) is 2.42. The number of hydrogen-bond acceptors (Lipinski definition) is 3. The SMILES string of the molecule is CC1(O)CCCN(CC2(CS)CC2)C1. The van der Waals surface area contributed by atoms with Crippen molar-refractivity contribution in [2.24, 2.45) is 5.41 Å². The van der Waals surface area contributed by atoms with Gasteiger partial charge in [0.15, 0.2) is 0 Å². The Morgan fingerprint density at radius 1 is 1.36 bits per heavy atom. The van der Waals surface area contributed by atoms with Gasteiger partial charge in [-0.2, -0.15) is 12.6 Å². The number of nitrogens with zero attached hydrogens (tertiary/aromatic N) is 1. The van der Waals surface area contributed by atoms with E-state index in [1.54, 1.807) is 0 Å². The van der Waals surface area contributed by atoms with Crippen LogP contribution in [-0.4, -0.2) is 41.0 Å². The van der Waals surface area contributed by atoms with Gasteiger partial charge in [0, 0.05) is 13.1 Å². The smallest absolute Gasteiger partial charge is 0.0746 e. The van der Waals surface area contributed by atoms with E-state index in [-0.39, 0.29) is 0 Å². The third-order valence-corrected chi connectivity index (χ3v) is 4.28. The fourth-order valence-electron chi connectivity index (χ4n) is 2.48. The maximum absolute atomic E-state index is 9.97. The summed E-state index contributed by atoms with van der Waals surface area (Å²) in [5, 5.41) is 9.97. The van der Waals surface area contributed by atoms with E-state index in [0.717, 1.165) is 38.2 Å². The van der Waals surface area contributed by atoms with E-state index in [4.69, 9.17) is 0 Å².